The molecule has 0 aliphatic carbocycles. The normalized spacial score (nSPS) is 9.00. The van der Waals surface area contributed by atoms with Crippen molar-refractivity contribution in [2.75, 3.05) is 0 Å². The van der Waals surface area contributed by atoms with Crippen molar-refractivity contribution in [1.29, 1.82) is 0 Å². The first-order valence-corrected chi connectivity index (χ1v) is 5.84. The van der Waals surface area contributed by atoms with Crippen LogP contribution in [-0.4, -0.2) is 35.5 Å². The maximum Gasteiger partial charge on any atom is 0.482 e. The smallest absolute Gasteiger partial charge is 0.429 e. The number of rotatable bonds is 0. The lowest BCUT2D eigenvalue weighted by Crippen LogP contribution is -1.75. The van der Waals surface area contributed by atoms with E-state index in [1.807, 2.05) is 0 Å². The predicted octanol–water partition coefficient (Wildman–Crippen LogP) is 1.00. The van der Waals surface area contributed by atoms with Crippen LogP contribution in [0.3, 0.4) is 0 Å². The van der Waals surface area contributed by atoms with Gasteiger partial charge in [0.2, 0.25) is 0 Å². The molecule has 0 spiro atoms. The highest BCUT2D eigenvalue weighted by atomic mass is 16.4. The molecule has 3 aromatic rings. The molecule has 100 valence electrons. The molecule has 4 nitrogen and oxygen atoms in total. The number of fused-ring (bicyclic) bond motifs is 2. The summed E-state index contributed by atoms with van der Waals surface area (Å²) in [6.07, 6.45) is 0. The van der Waals surface area contributed by atoms with Crippen LogP contribution < -0.4 is 0 Å². The van der Waals surface area contributed by atoms with Crippen molar-refractivity contribution >= 4 is 36.9 Å². The molecule has 0 unspecified atom stereocenters. The summed E-state index contributed by atoms with van der Waals surface area (Å²) in [5.41, 5.74) is 0. The van der Waals surface area contributed by atoms with Crippen LogP contribution in [0, 0.1) is 0 Å². The van der Waals surface area contributed by atoms with E-state index in [2.05, 4.69) is 60.7 Å². The van der Waals surface area contributed by atoms with Gasteiger partial charge in [0.05, 0.1) is 0 Å². The minimum atomic E-state index is 0. The van der Waals surface area contributed by atoms with Gasteiger partial charge in [-0.2, -0.15) is 0 Å². The maximum atomic E-state index is 7.00. The molecule has 0 aliphatic heterocycles. The summed E-state index contributed by atoms with van der Waals surface area (Å²) in [6.45, 7) is 0. The third kappa shape index (κ3) is 4.68. The highest BCUT2D eigenvalue weighted by molar-refractivity contribution is 6.13. The Morgan fingerprint density at radius 1 is 0.500 bits per heavy atom. The van der Waals surface area contributed by atoms with Crippen molar-refractivity contribution < 1.29 is 20.1 Å². The number of benzene rings is 3. The van der Waals surface area contributed by atoms with Crippen molar-refractivity contribution in [3.05, 3.63) is 60.7 Å². The van der Waals surface area contributed by atoms with Gasteiger partial charge in [0.1, 0.15) is 0 Å². The van der Waals surface area contributed by atoms with Crippen LogP contribution in [0.1, 0.15) is 0 Å². The minimum Gasteiger partial charge on any atom is -0.429 e. The summed E-state index contributed by atoms with van der Waals surface area (Å²) < 4.78 is 0. The summed E-state index contributed by atoms with van der Waals surface area (Å²) in [5, 5.41) is 33.2. The van der Waals surface area contributed by atoms with Crippen molar-refractivity contribution in [3.63, 3.8) is 0 Å². The molecule has 0 aromatic heterocycles. The molecule has 20 heavy (non-hydrogen) atoms. The Bertz CT molecular complexity index is 539. The van der Waals surface area contributed by atoms with Gasteiger partial charge in [-0.1, -0.05) is 48.5 Å². The zero-order valence-electron chi connectivity index (χ0n) is 10.7. The molecule has 3 rings (SSSR count). The lowest BCUT2D eigenvalue weighted by molar-refractivity contribution is 0.447. The van der Waals surface area contributed by atoms with E-state index in [1.165, 1.54) is 21.5 Å². The van der Waals surface area contributed by atoms with Crippen LogP contribution in [0.15, 0.2) is 60.7 Å². The summed E-state index contributed by atoms with van der Waals surface area (Å²) >= 11 is 0. The molecule has 2 radical (unpaired) electrons. The second-order valence-corrected chi connectivity index (χ2v) is 3.78. The zero-order valence-corrected chi connectivity index (χ0v) is 10.7. The Morgan fingerprint density at radius 3 is 0.900 bits per heavy atom. The third-order valence-electron chi connectivity index (χ3n) is 2.61. The van der Waals surface area contributed by atoms with E-state index in [4.69, 9.17) is 20.1 Å². The van der Waals surface area contributed by atoms with Crippen molar-refractivity contribution in [2.45, 2.75) is 0 Å². The van der Waals surface area contributed by atoms with Crippen molar-refractivity contribution in [1.82, 2.24) is 0 Å². The van der Waals surface area contributed by atoms with Gasteiger partial charge >= 0.3 is 15.4 Å². The van der Waals surface area contributed by atoms with Gasteiger partial charge in [-0.25, -0.2) is 0 Å². The fourth-order valence-electron chi connectivity index (χ4n) is 1.88. The van der Waals surface area contributed by atoms with Crippen LogP contribution in [0.5, 0.6) is 0 Å². The largest absolute Gasteiger partial charge is 0.482 e. The second kappa shape index (κ2) is 9.12. The molecule has 0 fully saturated rings. The molecular weight excluding hydrogens is 254 g/mol. The van der Waals surface area contributed by atoms with Gasteiger partial charge in [-0.15, -0.1) is 0 Å². The average Bonchev–Trinajstić information content (AvgIpc) is 2.47. The van der Waals surface area contributed by atoms with E-state index in [0.29, 0.717) is 0 Å². The highest BCUT2D eigenvalue weighted by Crippen LogP contribution is 2.21. The fourth-order valence-corrected chi connectivity index (χ4v) is 1.88. The van der Waals surface area contributed by atoms with Gasteiger partial charge in [0.25, 0.3) is 0 Å². The lowest BCUT2D eigenvalue weighted by Gasteiger charge is -2.00. The van der Waals surface area contributed by atoms with E-state index < -0.39 is 0 Å². The monoisotopic (exact) mass is 268 g/mol. The van der Waals surface area contributed by atoms with Gasteiger partial charge in [0, 0.05) is 0 Å². The molecule has 0 bridgehead atoms. The van der Waals surface area contributed by atoms with E-state index >= 15 is 0 Å². The summed E-state index contributed by atoms with van der Waals surface area (Å²) in [7, 11) is 0. The fraction of sp³-hybridized carbons (Fsp3) is 0. The standard InChI is InChI=1S/C14H10.2BH2O2/c1-2-6-12-10-14-8-4-3-7-13(14)9-11(12)5-1;2*2-1-3/h1-10H;2*2-3H. The number of hydrogen-bond donors (Lipinski definition) is 4. The van der Waals surface area contributed by atoms with E-state index in [0.717, 1.165) is 0 Å². The first-order chi connectivity index (χ1) is 9.76. The molecule has 4 N–H and O–H groups in total. The molecule has 0 atom stereocenters. The summed E-state index contributed by atoms with van der Waals surface area (Å²) in [5.74, 6) is 0. The van der Waals surface area contributed by atoms with E-state index in [1.54, 1.807) is 0 Å². The molecule has 0 aliphatic rings. The van der Waals surface area contributed by atoms with Crippen LogP contribution >= 0.6 is 0 Å². The third-order valence-corrected chi connectivity index (χ3v) is 2.61. The Hall–Kier alpha value is -1.85. The Morgan fingerprint density at radius 2 is 0.700 bits per heavy atom. The van der Waals surface area contributed by atoms with Gasteiger partial charge in [-0.3, -0.25) is 0 Å². The summed E-state index contributed by atoms with van der Waals surface area (Å²) in [4.78, 5) is 0. The van der Waals surface area contributed by atoms with Gasteiger partial charge in [0.15, 0.2) is 0 Å². The van der Waals surface area contributed by atoms with Crippen LogP contribution in [0.2, 0.25) is 0 Å². The van der Waals surface area contributed by atoms with Crippen molar-refractivity contribution in [3.8, 4) is 0 Å². The Balaban J connectivity index is 0.000000290. The van der Waals surface area contributed by atoms with Crippen LogP contribution in [-0.2, 0) is 0 Å². The van der Waals surface area contributed by atoms with Crippen LogP contribution in [0.25, 0.3) is 21.5 Å². The molecule has 0 saturated heterocycles. The molecule has 0 heterocycles. The lowest BCUT2D eigenvalue weighted by atomic mass is 10.0. The number of hydrogen-bond acceptors (Lipinski definition) is 4. The molecular formula is C14H14B2O4. The molecule has 3 aromatic carbocycles. The first-order valence-electron chi connectivity index (χ1n) is 5.84. The Kier molecular flexibility index (Phi) is 7.39. The van der Waals surface area contributed by atoms with Crippen molar-refractivity contribution in [2.24, 2.45) is 0 Å². The molecule has 0 saturated carbocycles. The first kappa shape index (κ1) is 16.2. The highest BCUT2D eigenvalue weighted by Gasteiger charge is 1.95. The predicted molar refractivity (Wildman–Crippen MR) is 81.8 cm³/mol. The quantitative estimate of drug-likeness (QED) is 0.362. The topological polar surface area (TPSA) is 80.9 Å². The molecule has 0 amide bonds. The van der Waals surface area contributed by atoms with E-state index in [-0.39, 0.29) is 15.4 Å². The SMILES string of the molecule is O[B]O.O[B]O.c1ccc2cc3ccccc3cc2c1. The second-order valence-electron chi connectivity index (χ2n) is 3.78. The van der Waals surface area contributed by atoms with E-state index in [9.17, 15) is 0 Å². The average molecular weight is 268 g/mol. The maximum absolute atomic E-state index is 7.00. The van der Waals surface area contributed by atoms with Crippen LogP contribution in [0.4, 0.5) is 0 Å². The van der Waals surface area contributed by atoms with Gasteiger partial charge in [-0.05, 0) is 33.7 Å². The zero-order chi connectivity index (χ0) is 14.8. The summed E-state index contributed by atoms with van der Waals surface area (Å²) in [6, 6.07) is 21.4. The minimum absolute atomic E-state index is 0. The molecule has 6 heteroatoms. The van der Waals surface area contributed by atoms with Gasteiger partial charge < -0.3 is 20.1 Å². The Labute approximate surface area is 118 Å².